The molecule has 2 heterocycles. The lowest BCUT2D eigenvalue weighted by Crippen LogP contribution is -2.32. The van der Waals surface area contributed by atoms with Gasteiger partial charge in [-0.05, 0) is 72.5 Å². The maximum atomic E-state index is 15.0. The summed E-state index contributed by atoms with van der Waals surface area (Å²) in [6.07, 6.45) is -4.91. The van der Waals surface area contributed by atoms with E-state index in [-0.39, 0.29) is 35.6 Å². The molecule has 45 heavy (non-hydrogen) atoms. The number of nitrogens with zero attached hydrogens (tertiary/aromatic N) is 5. The number of amidine groups is 1. The van der Waals surface area contributed by atoms with Gasteiger partial charge in [-0.3, -0.25) is 9.69 Å². The first-order valence-corrected chi connectivity index (χ1v) is 14.7. The molecule has 0 saturated carbocycles. The van der Waals surface area contributed by atoms with E-state index in [4.69, 9.17) is 0 Å². The summed E-state index contributed by atoms with van der Waals surface area (Å²) in [7, 11) is 0. The molecule has 1 saturated heterocycles. The first-order chi connectivity index (χ1) is 21.4. The largest absolute Gasteiger partial charge is 0.573 e. The van der Waals surface area contributed by atoms with Gasteiger partial charge in [-0.25, -0.2) is 19.0 Å². The molecule has 4 aromatic rings. The van der Waals surface area contributed by atoms with Crippen LogP contribution < -0.4 is 20.3 Å². The van der Waals surface area contributed by atoms with E-state index >= 15 is 0 Å². The van der Waals surface area contributed by atoms with E-state index in [0.29, 0.717) is 28.1 Å². The molecule has 3 N–H and O–H groups in total. The fourth-order valence-electron chi connectivity index (χ4n) is 4.53. The summed E-state index contributed by atoms with van der Waals surface area (Å²) < 4.78 is 57.3. The minimum atomic E-state index is -4.78. The Labute approximate surface area is 260 Å². The fourth-order valence-corrected chi connectivity index (χ4v) is 5.42. The van der Waals surface area contributed by atoms with E-state index in [9.17, 15) is 27.5 Å². The Morgan fingerprint density at radius 1 is 1.11 bits per heavy atom. The average molecular weight is 644 g/mol. The highest BCUT2D eigenvalue weighted by atomic mass is 32.2. The van der Waals surface area contributed by atoms with Gasteiger partial charge in [0.2, 0.25) is 12.3 Å². The molecule has 0 radical (unpaired) electrons. The molecule has 1 aliphatic rings. The predicted octanol–water partition coefficient (Wildman–Crippen LogP) is 6.17. The zero-order valence-corrected chi connectivity index (χ0v) is 25.2. The number of nitrogens with one attached hydrogen (secondary N) is 2. The maximum Gasteiger partial charge on any atom is 0.573 e. The molecule has 1 atom stereocenters. The first kappa shape index (κ1) is 31.8. The van der Waals surface area contributed by atoms with Crippen LogP contribution in [0.5, 0.6) is 5.75 Å². The molecule has 3 aromatic carbocycles. The quantitative estimate of drug-likeness (QED) is 0.139. The molecule has 0 spiro atoms. The number of anilines is 3. The smallest absolute Gasteiger partial charge is 0.406 e. The van der Waals surface area contributed by atoms with E-state index in [1.165, 1.54) is 64.1 Å². The van der Waals surface area contributed by atoms with Crippen molar-refractivity contribution in [2.45, 2.75) is 45.9 Å². The normalized spacial score (nSPS) is 15.2. The molecule has 1 aliphatic heterocycles. The second-order valence-corrected chi connectivity index (χ2v) is 11.3. The zero-order valence-electron chi connectivity index (χ0n) is 24.3. The summed E-state index contributed by atoms with van der Waals surface area (Å²) in [6.45, 7) is 6.12. The van der Waals surface area contributed by atoms with Crippen LogP contribution >= 0.6 is 11.8 Å². The lowest BCUT2D eigenvalue weighted by molar-refractivity contribution is -0.274. The summed E-state index contributed by atoms with van der Waals surface area (Å²) in [5.41, 5.74) is 3.53. The number of aryl methyl sites for hydroxylation is 1. The molecule has 10 nitrogen and oxygen atoms in total. The highest BCUT2D eigenvalue weighted by Gasteiger charge is 2.33. The molecule has 15 heteroatoms. The number of aliphatic imine (C=N–C) groups is 1. The number of rotatable bonds is 10. The van der Waals surface area contributed by atoms with Crippen molar-refractivity contribution in [2.75, 3.05) is 21.3 Å². The van der Waals surface area contributed by atoms with Crippen LogP contribution in [-0.2, 0) is 11.3 Å². The topological polar surface area (TPSA) is 117 Å². The fraction of sp³-hybridized carbons (Fsp3) is 0.267. The standard InChI is InChI=1S/C30H29F4N7O3S/c1-17(2)22-10-4-18(3)12-25(22)41-27(42)15-45-29(41)38-28(43)37-24-11-5-19(13-23(24)31)35-14-26-36-16-40(39-26)20-6-8-21(9-7-20)44-30(32,33)34/h4-13,16-17,28,35,37,43H,14-15H2,1-3H3. The Kier molecular flexibility index (Phi) is 9.29. The van der Waals surface area contributed by atoms with E-state index in [1.807, 2.05) is 39.0 Å². The van der Waals surface area contributed by atoms with Gasteiger partial charge in [-0.1, -0.05) is 37.7 Å². The van der Waals surface area contributed by atoms with Crippen LogP contribution in [0.4, 0.5) is 34.6 Å². The van der Waals surface area contributed by atoms with E-state index in [1.54, 1.807) is 6.07 Å². The van der Waals surface area contributed by atoms with E-state index in [2.05, 4.69) is 30.4 Å². The van der Waals surface area contributed by atoms with E-state index < -0.39 is 18.5 Å². The van der Waals surface area contributed by atoms with Crippen molar-refractivity contribution in [3.63, 3.8) is 0 Å². The number of thioether (sulfide) groups is 1. The Morgan fingerprint density at radius 3 is 2.56 bits per heavy atom. The molecule has 1 fully saturated rings. The molecule has 5 rings (SSSR count). The molecule has 1 unspecified atom stereocenters. The van der Waals surface area contributed by atoms with Crippen molar-refractivity contribution in [2.24, 2.45) is 4.99 Å². The number of aliphatic hydroxyl groups is 1. The van der Waals surface area contributed by atoms with Gasteiger partial charge in [0.15, 0.2) is 11.0 Å². The van der Waals surface area contributed by atoms with Gasteiger partial charge in [0.05, 0.1) is 29.4 Å². The lowest BCUT2D eigenvalue weighted by Gasteiger charge is -2.23. The number of amides is 1. The van der Waals surface area contributed by atoms with Crippen molar-refractivity contribution >= 4 is 39.9 Å². The Bertz CT molecular complexity index is 1710. The summed E-state index contributed by atoms with van der Waals surface area (Å²) in [5.74, 6) is -0.507. The summed E-state index contributed by atoms with van der Waals surface area (Å²) in [4.78, 5) is 22.7. The molecule has 236 valence electrons. The second-order valence-electron chi connectivity index (χ2n) is 10.4. The van der Waals surface area contributed by atoms with Crippen molar-refractivity contribution < 1.29 is 32.2 Å². The molecular weight excluding hydrogens is 614 g/mol. The van der Waals surface area contributed by atoms with E-state index in [0.717, 1.165) is 11.1 Å². The lowest BCUT2D eigenvalue weighted by atomic mass is 9.99. The van der Waals surface area contributed by atoms with Crippen molar-refractivity contribution in [3.8, 4) is 11.4 Å². The monoisotopic (exact) mass is 643 g/mol. The van der Waals surface area contributed by atoms with Crippen LogP contribution in [0.1, 0.15) is 36.7 Å². The van der Waals surface area contributed by atoms with Gasteiger partial charge >= 0.3 is 6.36 Å². The highest BCUT2D eigenvalue weighted by molar-refractivity contribution is 8.15. The average Bonchev–Trinajstić information content (AvgIpc) is 3.59. The summed E-state index contributed by atoms with van der Waals surface area (Å²) in [6, 6.07) is 15.2. The molecular formula is C30H29F4N7O3S. The SMILES string of the molecule is Cc1ccc(C(C)C)c(N2C(=O)CSC2=NC(O)Nc2ccc(NCc3ncn(-c4ccc(OC(F)(F)F)cc4)n3)cc2F)c1. The van der Waals surface area contributed by atoms with Crippen LogP contribution in [0, 0.1) is 12.7 Å². The number of aliphatic hydroxyl groups excluding tert-OH is 1. The molecule has 0 aliphatic carbocycles. The van der Waals surface area contributed by atoms with Gasteiger partial charge in [0, 0.05) is 5.69 Å². The van der Waals surface area contributed by atoms with Crippen molar-refractivity contribution in [1.82, 2.24) is 14.8 Å². The third-order valence-corrected chi connectivity index (χ3v) is 7.56. The Balaban J connectivity index is 1.21. The number of carbonyl (C=O) groups excluding carboxylic acids is 1. The predicted molar refractivity (Wildman–Crippen MR) is 164 cm³/mol. The van der Waals surface area contributed by atoms with Gasteiger partial charge in [-0.2, -0.15) is 0 Å². The third kappa shape index (κ3) is 7.91. The van der Waals surface area contributed by atoms with Crippen LogP contribution in [0.25, 0.3) is 5.69 Å². The van der Waals surface area contributed by atoms with Gasteiger partial charge in [0.25, 0.3) is 0 Å². The number of carbonyl (C=O) groups is 1. The van der Waals surface area contributed by atoms with Crippen molar-refractivity contribution in [1.29, 1.82) is 0 Å². The Morgan fingerprint density at radius 2 is 1.87 bits per heavy atom. The number of aromatic nitrogens is 3. The molecule has 1 aromatic heterocycles. The van der Waals surface area contributed by atoms with Gasteiger partial charge in [0.1, 0.15) is 17.9 Å². The highest BCUT2D eigenvalue weighted by Crippen LogP contribution is 2.34. The summed E-state index contributed by atoms with van der Waals surface area (Å²) >= 11 is 1.19. The van der Waals surface area contributed by atoms with Crippen molar-refractivity contribution in [3.05, 3.63) is 89.8 Å². The van der Waals surface area contributed by atoms with Gasteiger partial charge < -0.3 is 20.5 Å². The maximum absolute atomic E-state index is 15.0. The third-order valence-electron chi connectivity index (χ3n) is 6.63. The Hall–Kier alpha value is -4.63. The number of hydrogen-bond acceptors (Lipinski definition) is 9. The minimum absolute atomic E-state index is 0.00273. The van der Waals surface area contributed by atoms with Crippen LogP contribution in [0.15, 0.2) is 72.0 Å². The zero-order chi connectivity index (χ0) is 32.3. The van der Waals surface area contributed by atoms with Crippen LogP contribution in [0.3, 0.4) is 0 Å². The number of ether oxygens (including phenoxy) is 1. The number of alkyl halides is 3. The molecule has 1 amide bonds. The second kappa shape index (κ2) is 13.2. The number of hydrogen-bond donors (Lipinski definition) is 3. The van der Waals surface area contributed by atoms with Gasteiger partial charge in [-0.15, -0.1) is 18.3 Å². The minimum Gasteiger partial charge on any atom is -0.406 e. The summed E-state index contributed by atoms with van der Waals surface area (Å²) in [5, 5.41) is 20.9. The first-order valence-electron chi connectivity index (χ1n) is 13.7. The van der Waals surface area contributed by atoms with Crippen LogP contribution in [0.2, 0.25) is 0 Å². The number of halogens is 4. The molecule has 0 bridgehead atoms. The number of benzene rings is 3. The van der Waals surface area contributed by atoms with Crippen LogP contribution in [-0.4, -0.2) is 49.4 Å².